The predicted octanol–water partition coefficient (Wildman–Crippen LogP) is 2.15. The summed E-state index contributed by atoms with van der Waals surface area (Å²) < 4.78 is 5.40. The molecule has 5 nitrogen and oxygen atoms in total. The van der Waals surface area contributed by atoms with E-state index in [-0.39, 0.29) is 12.1 Å². The van der Waals surface area contributed by atoms with E-state index in [9.17, 15) is 9.90 Å². The zero-order valence-electron chi connectivity index (χ0n) is 13.6. The van der Waals surface area contributed by atoms with Crippen LogP contribution in [0.1, 0.15) is 32.8 Å². The van der Waals surface area contributed by atoms with Gasteiger partial charge in [0, 0.05) is 19.6 Å². The van der Waals surface area contributed by atoms with Crippen molar-refractivity contribution < 1.29 is 14.6 Å². The molecule has 0 unspecified atom stereocenters. The summed E-state index contributed by atoms with van der Waals surface area (Å²) in [4.78, 5) is 13.8. The van der Waals surface area contributed by atoms with Crippen molar-refractivity contribution in [2.24, 2.45) is 0 Å². The molecular weight excluding hydrogens is 280 g/mol. The fourth-order valence-corrected chi connectivity index (χ4v) is 2.48. The molecule has 1 amide bonds. The number of aliphatic hydroxyl groups is 1. The Kier molecular flexibility index (Phi) is 5.42. The van der Waals surface area contributed by atoms with Crippen molar-refractivity contribution in [3.8, 4) is 0 Å². The molecule has 2 N–H and O–H groups in total. The number of nitrogens with one attached hydrogen (secondary N) is 1. The highest BCUT2D eigenvalue weighted by atomic mass is 16.6. The van der Waals surface area contributed by atoms with Gasteiger partial charge < -0.3 is 20.1 Å². The first-order valence-corrected chi connectivity index (χ1v) is 7.78. The van der Waals surface area contributed by atoms with E-state index in [0.29, 0.717) is 26.1 Å². The number of hydrogen-bond acceptors (Lipinski definition) is 4. The average molecular weight is 306 g/mol. The fraction of sp³-hybridized carbons (Fsp3) is 0.588. The molecule has 1 aliphatic rings. The number of amides is 1. The van der Waals surface area contributed by atoms with E-state index in [1.807, 2.05) is 51.1 Å². The zero-order valence-corrected chi connectivity index (χ0v) is 13.6. The molecule has 1 saturated heterocycles. The van der Waals surface area contributed by atoms with Gasteiger partial charge in [0.1, 0.15) is 5.60 Å². The lowest BCUT2D eigenvalue weighted by Crippen LogP contribution is -2.55. The summed E-state index contributed by atoms with van der Waals surface area (Å²) in [5.74, 6) is 0. The van der Waals surface area contributed by atoms with Crippen molar-refractivity contribution in [2.75, 3.05) is 13.1 Å². The minimum atomic E-state index is -0.500. The number of likely N-dealkylation sites (tertiary alicyclic amines) is 1. The quantitative estimate of drug-likeness (QED) is 0.898. The number of ether oxygens (including phenoxy) is 1. The number of carbonyl (C=O) groups is 1. The standard InChI is InChI=1S/C17H26N2O3/c1-17(2,3)22-16(21)19-10-9-15(20)14(12-19)18-11-13-7-5-4-6-8-13/h4-8,14-15,18,20H,9-12H2,1-3H3/t14-,15-/m0/s1. The number of aliphatic hydroxyl groups excluding tert-OH is 1. The lowest BCUT2D eigenvalue weighted by molar-refractivity contribution is 0.000175. The largest absolute Gasteiger partial charge is 0.444 e. The van der Waals surface area contributed by atoms with Crippen molar-refractivity contribution in [3.05, 3.63) is 35.9 Å². The van der Waals surface area contributed by atoms with Crippen LogP contribution in [0.5, 0.6) is 0 Å². The molecule has 0 aromatic heterocycles. The van der Waals surface area contributed by atoms with Gasteiger partial charge in [-0.2, -0.15) is 0 Å². The molecule has 0 saturated carbocycles. The number of carbonyl (C=O) groups excluding carboxylic acids is 1. The van der Waals surface area contributed by atoms with Crippen molar-refractivity contribution in [1.29, 1.82) is 0 Å². The van der Waals surface area contributed by atoms with Crippen LogP contribution in [0.15, 0.2) is 30.3 Å². The summed E-state index contributed by atoms with van der Waals surface area (Å²) in [6.07, 6.45) is -0.195. The molecule has 1 aliphatic heterocycles. The number of rotatable bonds is 3. The van der Waals surface area contributed by atoms with Crippen molar-refractivity contribution in [3.63, 3.8) is 0 Å². The van der Waals surface area contributed by atoms with Gasteiger partial charge in [-0.1, -0.05) is 30.3 Å². The highest BCUT2D eigenvalue weighted by Crippen LogP contribution is 2.16. The molecule has 0 bridgehead atoms. The van der Waals surface area contributed by atoms with Crippen LogP contribution >= 0.6 is 0 Å². The SMILES string of the molecule is CC(C)(C)OC(=O)N1CC[C@H](O)[C@@H](NCc2ccccc2)C1. The second-order valence-corrected chi connectivity index (χ2v) is 6.76. The van der Waals surface area contributed by atoms with Gasteiger partial charge >= 0.3 is 6.09 Å². The first-order chi connectivity index (χ1) is 10.3. The number of nitrogens with zero attached hydrogens (tertiary/aromatic N) is 1. The molecule has 0 aliphatic carbocycles. The first-order valence-electron chi connectivity index (χ1n) is 7.78. The molecule has 1 fully saturated rings. The van der Waals surface area contributed by atoms with Gasteiger partial charge in [-0.05, 0) is 32.8 Å². The molecule has 122 valence electrons. The fourth-order valence-electron chi connectivity index (χ4n) is 2.48. The minimum Gasteiger partial charge on any atom is -0.444 e. The summed E-state index contributed by atoms with van der Waals surface area (Å²) in [7, 11) is 0. The minimum absolute atomic E-state index is 0.138. The Labute approximate surface area is 132 Å². The van der Waals surface area contributed by atoms with Crippen LogP contribution in [0.4, 0.5) is 4.79 Å². The molecule has 0 radical (unpaired) electrons. The molecule has 5 heteroatoms. The lowest BCUT2D eigenvalue weighted by atomic mass is 10.0. The summed E-state index contributed by atoms with van der Waals surface area (Å²) in [6, 6.07) is 9.88. The van der Waals surface area contributed by atoms with Gasteiger partial charge in [-0.25, -0.2) is 4.79 Å². The van der Waals surface area contributed by atoms with Gasteiger partial charge in [-0.3, -0.25) is 0 Å². The second-order valence-electron chi connectivity index (χ2n) is 6.76. The first kappa shape index (κ1) is 16.8. The molecule has 1 aromatic rings. The molecule has 22 heavy (non-hydrogen) atoms. The smallest absolute Gasteiger partial charge is 0.410 e. The van der Waals surface area contributed by atoms with Gasteiger partial charge in [0.2, 0.25) is 0 Å². The Hall–Kier alpha value is -1.59. The molecule has 1 heterocycles. The van der Waals surface area contributed by atoms with E-state index in [4.69, 9.17) is 4.74 Å². The van der Waals surface area contributed by atoms with E-state index >= 15 is 0 Å². The molecule has 2 atom stereocenters. The maximum absolute atomic E-state index is 12.1. The van der Waals surface area contributed by atoms with Gasteiger partial charge in [0.25, 0.3) is 0 Å². The Balaban J connectivity index is 1.89. The van der Waals surface area contributed by atoms with Crippen LogP contribution < -0.4 is 5.32 Å². The van der Waals surface area contributed by atoms with Crippen LogP contribution in [-0.4, -0.2) is 46.9 Å². The van der Waals surface area contributed by atoms with Gasteiger partial charge in [0.05, 0.1) is 12.1 Å². The van der Waals surface area contributed by atoms with Crippen molar-refractivity contribution >= 4 is 6.09 Å². The van der Waals surface area contributed by atoms with Gasteiger partial charge in [0.15, 0.2) is 0 Å². The topological polar surface area (TPSA) is 61.8 Å². The van der Waals surface area contributed by atoms with E-state index < -0.39 is 11.7 Å². The molecule has 0 spiro atoms. The van der Waals surface area contributed by atoms with Crippen LogP contribution in [0, 0.1) is 0 Å². The summed E-state index contributed by atoms with van der Waals surface area (Å²) >= 11 is 0. The van der Waals surface area contributed by atoms with Crippen molar-refractivity contribution in [2.45, 2.75) is 51.5 Å². The third-order valence-electron chi connectivity index (χ3n) is 3.64. The van der Waals surface area contributed by atoms with E-state index in [2.05, 4.69) is 5.32 Å². The third-order valence-corrected chi connectivity index (χ3v) is 3.64. The summed E-state index contributed by atoms with van der Waals surface area (Å²) in [5.41, 5.74) is 0.657. The van der Waals surface area contributed by atoms with Crippen LogP contribution in [0.2, 0.25) is 0 Å². The Morgan fingerprint density at radius 1 is 1.36 bits per heavy atom. The summed E-state index contributed by atoms with van der Waals surface area (Å²) in [6.45, 7) is 7.23. The normalized spacial score (nSPS) is 22.5. The summed E-state index contributed by atoms with van der Waals surface area (Å²) in [5, 5.41) is 13.5. The van der Waals surface area contributed by atoms with Crippen LogP contribution in [-0.2, 0) is 11.3 Å². The van der Waals surface area contributed by atoms with Crippen molar-refractivity contribution in [1.82, 2.24) is 10.2 Å². The predicted molar refractivity (Wildman–Crippen MR) is 85.5 cm³/mol. The molecule has 2 rings (SSSR count). The van der Waals surface area contributed by atoms with Crippen LogP contribution in [0.25, 0.3) is 0 Å². The highest BCUT2D eigenvalue weighted by Gasteiger charge is 2.32. The third kappa shape index (κ3) is 5.00. The van der Waals surface area contributed by atoms with E-state index in [0.717, 1.165) is 5.56 Å². The molecular formula is C17H26N2O3. The molecule has 1 aromatic carbocycles. The Bertz CT molecular complexity index is 484. The Morgan fingerprint density at radius 3 is 2.68 bits per heavy atom. The van der Waals surface area contributed by atoms with E-state index in [1.54, 1.807) is 4.90 Å². The number of piperidine rings is 1. The maximum atomic E-state index is 12.1. The van der Waals surface area contributed by atoms with Crippen LogP contribution in [0.3, 0.4) is 0 Å². The van der Waals surface area contributed by atoms with Gasteiger partial charge in [-0.15, -0.1) is 0 Å². The lowest BCUT2D eigenvalue weighted by Gasteiger charge is -2.37. The average Bonchev–Trinajstić information content (AvgIpc) is 2.45. The number of benzene rings is 1. The second kappa shape index (κ2) is 7.11. The number of hydrogen-bond donors (Lipinski definition) is 2. The van der Waals surface area contributed by atoms with E-state index in [1.165, 1.54) is 0 Å². The monoisotopic (exact) mass is 306 g/mol. The maximum Gasteiger partial charge on any atom is 0.410 e. The highest BCUT2D eigenvalue weighted by molar-refractivity contribution is 5.68. The Morgan fingerprint density at radius 2 is 2.05 bits per heavy atom. The zero-order chi connectivity index (χ0) is 16.2.